The lowest BCUT2D eigenvalue weighted by Crippen LogP contribution is -2.53. The molecule has 0 saturated carbocycles. The number of hydrogen-bond donors (Lipinski definition) is 2. The molecule has 0 aromatic carbocycles. The predicted octanol–water partition coefficient (Wildman–Crippen LogP) is 2.59. The zero-order valence-electron chi connectivity index (χ0n) is 13.7. The first-order valence-electron chi connectivity index (χ1n) is 7.47. The molecule has 0 radical (unpaired) electrons. The van der Waals surface area contributed by atoms with E-state index < -0.39 is 5.54 Å². The van der Waals surface area contributed by atoms with E-state index in [2.05, 4.69) is 5.32 Å². The lowest BCUT2D eigenvalue weighted by atomic mass is 9.95. The van der Waals surface area contributed by atoms with Crippen molar-refractivity contribution < 1.29 is 14.6 Å². The van der Waals surface area contributed by atoms with E-state index in [-0.39, 0.29) is 23.4 Å². The predicted molar refractivity (Wildman–Crippen MR) is 86.1 cm³/mol. The number of thioether (sulfide) groups is 1. The van der Waals surface area contributed by atoms with E-state index in [9.17, 15) is 9.90 Å². The molecular formula is C15H31NO3S. The number of aliphatic hydroxyl groups is 1. The van der Waals surface area contributed by atoms with Crippen LogP contribution in [0.15, 0.2) is 0 Å². The second kappa shape index (κ2) is 9.64. The monoisotopic (exact) mass is 305 g/mol. The Balaban J connectivity index is 4.33. The molecule has 20 heavy (non-hydrogen) atoms. The van der Waals surface area contributed by atoms with Crippen LogP contribution in [0.2, 0.25) is 0 Å². The van der Waals surface area contributed by atoms with Crippen molar-refractivity contribution in [2.75, 3.05) is 12.4 Å². The normalized spacial score (nSPS) is 17.6. The summed E-state index contributed by atoms with van der Waals surface area (Å²) in [5, 5.41) is 13.0. The fraction of sp³-hybridized carbons (Fsp3) is 0.933. The second-order valence-corrected chi connectivity index (χ2v) is 7.26. The number of carbonyl (C=O) groups is 1. The number of ether oxygens (including phenoxy) is 1. The van der Waals surface area contributed by atoms with Crippen LogP contribution >= 0.6 is 11.8 Å². The zero-order chi connectivity index (χ0) is 15.8. The van der Waals surface area contributed by atoms with Crippen LogP contribution in [0.5, 0.6) is 0 Å². The van der Waals surface area contributed by atoms with Crippen LogP contribution in [0, 0.1) is 0 Å². The lowest BCUT2D eigenvalue weighted by Gasteiger charge is -2.30. The van der Waals surface area contributed by atoms with E-state index in [1.807, 2.05) is 34.6 Å². The summed E-state index contributed by atoms with van der Waals surface area (Å²) in [4.78, 5) is 12.1. The molecule has 0 aliphatic carbocycles. The molecule has 0 saturated heterocycles. The van der Waals surface area contributed by atoms with Crippen LogP contribution < -0.4 is 5.32 Å². The van der Waals surface area contributed by atoms with Gasteiger partial charge in [0.1, 0.15) is 5.54 Å². The molecule has 0 heterocycles. The Morgan fingerprint density at radius 2 is 1.95 bits per heavy atom. The maximum absolute atomic E-state index is 12.1. The molecular weight excluding hydrogens is 274 g/mol. The van der Waals surface area contributed by atoms with Gasteiger partial charge in [-0.05, 0) is 53.2 Å². The molecule has 0 rings (SSSR count). The maximum Gasteiger partial charge on any atom is 0.326 e. The first kappa shape index (κ1) is 19.7. The molecule has 0 aliphatic rings. The summed E-state index contributed by atoms with van der Waals surface area (Å²) < 4.78 is 5.18. The molecule has 0 fully saturated rings. The summed E-state index contributed by atoms with van der Waals surface area (Å²) in [5.41, 5.74) is -0.626. The number of hydrogen-bond acceptors (Lipinski definition) is 5. The van der Waals surface area contributed by atoms with Crippen molar-refractivity contribution in [3.8, 4) is 0 Å². The first-order valence-corrected chi connectivity index (χ1v) is 8.52. The Labute approximate surface area is 128 Å². The minimum atomic E-state index is -0.626. The fourth-order valence-corrected chi connectivity index (χ4v) is 2.96. The number of aliphatic hydroxyl groups excluding tert-OH is 1. The summed E-state index contributed by atoms with van der Waals surface area (Å²) in [6.45, 7) is 12.0. The SMILES string of the molecule is CCOC(=O)C(C)(CCCSC(C)C(C)O)NC(C)C. The van der Waals surface area contributed by atoms with E-state index in [4.69, 9.17) is 4.74 Å². The van der Waals surface area contributed by atoms with Gasteiger partial charge in [0, 0.05) is 11.3 Å². The minimum absolute atomic E-state index is 0.178. The van der Waals surface area contributed by atoms with E-state index in [0.29, 0.717) is 6.61 Å². The Bertz CT molecular complexity index is 284. The van der Waals surface area contributed by atoms with Crippen molar-refractivity contribution in [1.82, 2.24) is 5.32 Å². The van der Waals surface area contributed by atoms with Gasteiger partial charge < -0.3 is 9.84 Å². The highest BCUT2D eigenvalue weighted by atomic mass is 32.2. The van der Waals surface area contributed by atoms with Crippen LogP contribution in [0.1, 0.15) is 54.4 Å². The highest BCUT2D eigenvalue weighted by Gasteiger charge is 2.34. The third-order valence-corrected chi connectivity index (χ3v) is 4.66. The fourth-order valence-electron chi connectivity index (χ4n) is 1.99. The number of esters is 1. The van der Waals surface area contributed by atoms with E-state index in [0.717, 1.165) is 18.6 Å². The molecule has 0 aromatic rings. The third-order valence-electron chi connectivity index (χ3n) is 3.21. The molecule has 120 valence electrons. The Hall–Kier alpha value is -0.260. The average molecular weight is 305 g/mol. The minimum Gasteiger partial charge on any atom is -0.465 e. The van der Waals surface area contributed by atoms with Crippen molar-refractivity contribution in [2.45, 2.75) is 77.3 Å². The third kappa shape index (κ3) is 7.50. The highest BCUT2D eigenvalue weighted by Crippen LogP contribution is 2.21. The second-order valence-electron chi connectivity index (χ2n) is 5.77. The van der Waals surface area contributed by atoms with Crippen LogP contribution in [0.3, 0.4) is 0 Å². The standard InChI is InChI=1S/C15H31NO3S/c1-7-19-14(18)15(6,16-11(2)3)9-8-10-20-13(5)12(4)17/h11-13,16-17H,7-10H2,1-6H3. The van der Waals surface area contributed by atoms with E-state index in [1.165, 1.54) is 0 Å². The summed E-state index contributed by atoms with van der Waals surface area (Å²) >= 11 is 1.74. The van der Waals surface area contributed by atoms with Gasteiger partial charge in [-0.15, -0.1) is 0 Å². The Morgan fingerprint density at radius 1 is 1.35 bits per heavy atom. The lowest BCUT2D eigenvalue weighted by molar-refractivity contribution is -0.151. The highest BCUT2D eigenvalue weighted by molar-refractivity contribution is 7.99. The zero-order valence-corrected chi connectivity index (χ0v) is 14.5. The topological polar surface area (TPSA) is 58.6 Å². The van der Waals surface area contributed by atoms with Gasteiger partial charge in [-0.1, -0.05) is 6.92 Å². The first-order chi connectivity index (χ1) is 9.23. The molecule has 5 heteroatoms. The van der Waals surface area contributed by atoms with Gasteiger partial charge in [0.15, 0.2) is 0 Å². The molecule has 4 nitrogen and oxygen atoms in total. The average Bonchev–Trinajstić information content (AvgIpc) is 2.33. The van der Waals surface area contributed by atoms with Gasteiger partial charge in [-0.2, -0.15) is 11.8 Å². The summed E-state index contributed by atoms with van der Waals surface area (Å²) in [6, 6.07) is 0.230. The van der Waals surface area contributed by atoms with Gasteiger partial charge in [0.2, 0.25) is 0 Å². The summed E-state index contributed by atoms with van der Waals surface area (Å²) in [6.07, 6.45) is 1.35. The molecule has 0 aromatic heterocycles. The molecule has 3 unspecified atom stereocenters. The van der Waals surface area contributed by atoms with Crippen molar-refractivity contribution in [3.05, 3.63) is 0 Å². The van der Waals surface area contributed by atoms with Crippen molar-refractivity contribution in [2.24, 2.45) is 0 Å². The van der Waals surface area contributed by atoms with E-state index >= 15 is 0 Å². The van der Waals surface area contributed by atoms with Gasteiger partial charge >= 0.3 is 5.97 Å². The van der Waals surface area contributed by atoms with E-state index in [1.54, 1.807) is 18.7 Å². The van der Waals surface area contributed by atoms with Crippen LogP contribution in [0.4, 0.5) is 0 Å². The van der Waals surface area contributed by atoms with Gasteiger partial charge in [-0.25, -0.2) is 0 Å². The molecule has 0 aliphatic heterocycles. The quantitative estimate of drug-likeness (QED) is 0.480. The summed E-state index contributed by atoms with van der Waals surface area (Å²) in [7, 11) is 0. The largest absolute Gasteiger partial charge is 0.465 e. The molecule has 3 atom stereocenters. The van der Waals surface area contributed by atoms with Gasteiger partial charge in [0.05, 0.1) is 12.7 Å². The number of nitrogens with one attached hydrogen (secondary N) is 1. The molecule has 0 bridgehead atoms. The van der Waals surface area contributed by atoms with Crippen molar-refractivity contribution >= 4 is 17.7 Å². The smallest absolute Gasteiger partial charge is 0.326 e. The molecule has 2 N–H and O–H groups in total. The number of carbonyl (C=O) groups excluding carboxylic acids is 1. The summed E-state index contributed by atoms with van der Waals surface area (Å²) in [5.74, 6) is 0.753. The van der Waals surface area contributed by atoms with Gasteiger partial charge in [-0.3, -0.25) is 10.1 Å². The van der Waals surface area contributed by atoms with Crippen molar-refractivity contribution in [1.29, 1.82) is 0 Å². The number of rotatable bonds is 10. The van der Waals surface area contributed by atoms with Gasteiger partial charge in [0.25, 0.3) is 0 Å². The van der Waals surface area contributed by atoms with Crippen LogP contribution in [0.25, 0.3) is 0 Å². The van der Waals surface area contributed by atoms with Crippen LogP contribution in [-0.2, 0) is 9.53 Å². The Kier molecular flexibility index (Phi) is 9.51. The van der Waals surface area contributed by atoms with Crippen molar-refractivity contribution in [3.63, 3.8) is 0 Å². The maximum atomic E-state index is 12.1. The molecule has 0 spiro atoms. The molecule has 0 amide bonds. The Morgan fingerprint density at radius 3 is 2.40 bits per heavy atom. The van der Waals surface area contributed by atoms with Crippen LogP contribution in [-0.4, -0.2) is 46.4 Å².